The first-order chi connectivity index (χ1) is 14.5. The van der Waals surface area contributed by atoms with Crippen LogP contribution < -0.4 is 0 Å². The normalized spacial score (nSPS) is 29.6. The lowest BCUT2D eigenvalue weighted by molar-refractivity contribution is -0.0375. The topological polar surface area (TPSA) is 59.6 Å². The Morgan fingerprint density at radius 3 is 2.67 bits per heavy atom. The second-order valence-electron chi connectivity index (χ2n) is 10.0. The number of likely N-dealkylation sites (tertiary alicyclic amines) is 1. The van der Waals surface area contributed by atoms with Gasteiger partial charge in [0.15, 0.2) is 0 Å². The summed E-state index contributed by atoms with van der Waals surface area (Å²) in [6, 6.07) is 4.47. The van der Waals surface area contributed by atoms with E-state index in [2.05, 4.69) is 57.2 Å². The Morgan fingerprint density at radius 2 is 1.97 bits per heavy atom. The van der Waals surface area contributed by atoms with Crippen molar-refractivity contribution in [2.75, 3.05) is 33.8 Å². The predicted octanol–water partition coefficient (Wildman–Crippen LogP) is 3.12. The standard InChI is InChI=1S/C23H35N5O2/c1-16-4-7-21(30-16)14-27-10-18-8-22(28-13-20(24-25-28)12-26(2)3)23(9-19(18)11-27)29-15-17-5-6-17/h4,7,13,17-19,22-23H,5-6,8-12,14-15H2,1-3H3/t18-,19+,22-,23-/m1/s1. The molecule has 0 amide bonds. The van der Waals surface area contributed by atoms with Gasteiger partial charge in [0.05, 0.1) is 30.6 Å². The minimum atomic E-state index is 0.242. The Kier molecular flexibility index (Phi) is 5.69. The predicted molar refractivity (Wildman–Crippen MR) is 114 cm³/mol. The smallest absolute Gasteiger partial charge is 0.118 e. The molecule has 0 unspecified atom stereocenters. The van der Waals surface area contributed by atoms with Crippen LogP contribution in [0.4, 0.5) is 0 Å². The van der Waals surface area contributed by atoms with Crippen molar-refractivity contribution in [3.8, 4) is 0 Å². The van der Waals surface area contributed by atoms with Crippen LogP contribution in [0.1, 0.15) is 48.9 Å². The van der Waals surface area contributed by atoms with Gasteiger partial charge >= 0.3 is 0 Å². The first kappa shape index (κ1) is 20.2. The minimum absolute atomic E-state index is 0.242. The zero-order valence-corrected chi connectivity index (χ0v) is 18.5. The van der Waals surface area contributed by atoms with E-state index in [9.17, 15) is 0 Å². The van der Waals surface area contributed by atoms with Crippen LogP contribution in [0.3, 0.4) is 0 Å². The van der Waals surface area contributed by atoms with Gasteiger partial charge in [-0.05, 0) is 76.6 Å². The highest BCUT2D eigenvalue weighted by atomic mass is 16.5. The van der Waals surface area contributed by atoms with Crippen LogP contribution in [-0.4, -0.2) is 64.7 Å². The summed E-state index contributed by atoms with van der Waals surface area (Å²) in [5.74, 6) is 4.24. The summed E-state index contributed by atoms with van der Waals surface area (Å²) in [5, 5.41) is 8.95. The summed E-state index contributed by atoms with van der Waals surface area (Å²) >= 11 is 0. The summed E-state index contributed by atoms with van der Waals surface area (Å²) < 4.78 is 14.4. The van der Waals surface area contributed by atoms with Crippen molar-refractivity contribution >= 4 is 0 Å². The quantitative estimate of drug-likeness (QED) is 0.663. The van der Waals surface area contributed by atoms with Crippen LogP contribution in [0.5, 0.6) is 0 Å². The summed E-state index contributed by atoms with van der Waals surface area (Å²) in [6.07, 6.45) is 7.28. The Morgan fingerprint density at radius 1 is 1.17 bits per heavy atom. The third kappa shape index (κ3) is 4.63. The highest BCUT2D eigenvalue weighted by Gasteiger charge is 2.44. The van der Waals surface area contributed by atoms with E-state index in [-0.39, 0.29) is 6.10 Å². The maximum Gasteiger partial charge on any atom is 0.118 e. The maximum absolute atomic E-state index is 6.49. The summed E-state index contributed by atoms with van der Waals surface area (Å²) in [5.41, 5.74) is 1.03. The molecule has 2 saturated carbocycles. The molecule has 0 radical (unpaired) electrons. The molecular weight excluding hydrogens is 378 g/mol. The van der Waals surface area contributed by atoms with Gasteiger partial charge in [-0.2, -0.15) is 0 Å². The van der Waals surface area contributed by atoms with Crippen molar-refractivity contribution in [3.63, 3.8) is 0 Å². The fourth-order valence-electron chi connectivity index (χ4n) is 5.28. The van der Waals surface area contributed by atoms with Crippen LogP contribution in [-0.2, 0) is 17.8 Å². The average molecular weight is 414 g/mol. The van der Waals surface area contributed by atoms with Gasteiger partial charge in [0, 0.05) is 26.2 Å². The fourth-order valence-corrected chi connectivity index (χ4v) is 5.28. The van der Waals surface area contributed by atoms with Gasteiger partial charge in [0.25, 0.3) is 0 Å². The number of aromatic nitrogens is 3. The van der Waals surface area contributed by atoms with Gasteiger partial charge in [0.2, 0.25) is 0 Å². The summed E-state index contributed by atoms with van der Waals surface area (Å²) in [7, 11) is 4.14. The molecule has 3 aliphatic rings. The van der Waals surface area contributed by atoms with E-state index in [0.717, 1.165) is 68.8 Å². The van der Waals surface area contributed by atoms with Crippen molar-refractivity contribution in [3.05, 3.63) is 35.5 Å². The van der Waals surface area contributed by atoms with Crippen molar-refractivity contribution in [2.45, 2.75) is 57.8 Å². The molecule has 4 atom stereocenters. The summed E-state index contributed by atoms with van der Waals surface area (Å²) in [4.78, 5) is 4.70. The van der Waals surface area contributed by atoms with Crippen molar-refractivity contribution in [1.82, 2.24) is 24.8 Å². The largest absolute Gasteiger partial charge is 0.465 e. The monoisotopic (exact) mass is 413 g/mol. The molecular formula is C23H35N5O2. The molecule has 3 fully saturated rings. The number of ether oxygens (including phenoxy) is 1. The number of rotatable bonds is 8. The number of hydrogen-bond acceptors (Lipinski definition) is 6. The number of fused-ring (bicyclic) bond motifs is 1. The lowest BCUT2D eigenvalue weighted by Gasteiger charge is -2.37. The lowest BCUT2D eigenvalue weighted by atomic mass is 9.77. The molecule has 2 aliphatic carbocycles. The van der Waals surface area contributed by atoms with Gasteiger partial charge in [-0.3, -0.25) is 4.90 Å². The molecule has 1 aliphatic heterocycles. The zero-order valence-electron chi connectivity index (χ0n) is 18.5. The van der Waals surface area contributed by atoms with E-state index in [1.807, 2.05) is 6.92 Å². The molecule has 2 aromatic heterocycles. The molecule has 7 nitrogen and oxygen atoms in total. The van der Waals surface area contributed by atoms with E-state index >= 15 is 0 Å². The van der Waals surface area contributed by atoms with Crippen molar-refractivity contribution < 1.29 is 9.15 Å². The highest BCUT2D eigenvalue weighted by molar-refractivity contribution is 5.06. The molecule has 7 heteroatoms. The number of furan rings is 1. The first-order valence-corrected chi connectivity index (χ1v) is 11.5. The van der Waals surface area contributed by atoms with Crippen molar-refractivity contribution in [1.29, 1.82) is 0 Å². The Balaban J connectivity index is 1.28. The average Bonchev–Trinajstić information content (AvgIpc) is 3.05. The van der Waals surface area contributed by atoms with Crippen LogP contribution in [0.15, 0.2) is 22.7 Å². The molecule has 1 saturated heterocycles. The molecule has 0 bridgehead atoms. The first-order valence-electron chi connectivity index (χ1n) is 11.5. The zero-order chi connectivity index (χ0) is 20.7. The van der Waals surface area contributed by atoms with Gasteiger partial charge in [-0.15, -0.1) is 5.10 Å². The fraction of sp³-hybridized carbons (Fsp3) is 0.739. The minimum Gasteiger partial charge on any atom is -0.465 e. The van der Waals surface area contributed by atoms with E-state index < -0.39 is 0 Å². The SMILES string of the molecule is Cc1ccc(CN2C[C@H]3C[C@@H](n4cc(CN(C)C)nn4)[C@H](OCC4CC4)C[C@H]3C2)o1. The van der Waals surface area contributed by atoms with E-state index in [4.69, 9.17) is 9.15 Å². The van der Waals surface area contributed by atoms with Crippen LogP contribution in [0, 0.1) is 24.7 Å². The third-order valence-electron chi connectivity index (χ3n) is 6.95. The van der Waals surface area contributed by atoms with E-state index in [0.29, 0.717) is 17.9 Å². The second-order valence-corrected chi connectivity index (χ2v) is 10.0. The highest BCUT2D eigenvalue weighted by Crippen LogP contribution is 2.43. The molecule has 2 aromatic rings. The second kappa shape index (κ2) is 8.44. The molecule has 30 heavy (non-hydrogen) atoms. The molecule has 164 valence electrons. The Hall–Kier alpha value is -1.70. The van der Waals surface area contributed by atoms with E-state index in [1.165, 1.54) is 12.8 Å². The van der Waals surface area contributed by atoms with Crippen LogP contribution in [0.2, 0.25) is 0 Å². The number of nitrogens with zero attached hydrogens (tertiary/aromatic N) is 5. The lowest BCUT2D eigenvalue weighted by Crippen LogP contribution is -2.38. The summed E-state index contributed by atoms with van der Waals surface area (Å²) in [6.45, 7) is 6.94. The van der Waals surface area contributed by atoms with Gasteiger partial charge in [-0.1, -0.05) is 5.21 Å². The van der Waals surface area contributed by atoms with Crippen LogP contribution >= 0.6 is 0 Å². The molecule has 0 aromatic carbocycles. The Labute approximate surface area is 179 Å². The third-order valence-corrected chi connectivity index (χ3v) is 6.95. The number of aryl methyl sites for hydroxylation is 1. The molecule has 3 heterocycles. The van der Waals surface area contributed by atoms with Gasteiger partial charge in [0.1, 0.15) is 11.5 Å². The maximum atomic E-state index is 6.49. The molecule has 0 spiro atoms. The molecule has 5 rings (SSSR count). The molecule has 0 N–H and O–H groups in total. The van der Waals surface area contributed by atoms with Crippen molar-refractivity contribution in [2.24, 2.45) is 17.8 Å². The van der Waals surface area contributed by atoms with E-state index in [1.54, 1.807) is 0 Å². The number of hydrogen-bond donors (Lipinski definition) is 0. The van der Waals surface area contributed by atoms with Crippen LogP contribution in [0.25, 0.3) is 0 Å². The van der Waals surface area contributed by atoms with Gasteiger partial charge < -0.3 is 14.1 Å². The van der Waals surface area contributed by atoms with Gasteiger partial charge in [-0.25, -0.2) is 4.68 Å². The Bertz CT molecular complexity index is 842.